The van der Waals surface area contributed by atoms with Crippen molar-refractivity contribution in [3.8, 4) is 0 Å². The van der Waals surface area contributed by atoms with Gasteiger partial charge in [-0.1, -0.05) is 48.5 Å². The van der Waals surface area contributed by atoms with Crippen molar-refractivity contribution in [1.29, 1.82) is 0 Å². The number of para-hydroxylation sites is 1. The van der Waals surface area contributed by atoms with Crippen LogP contribution in [0.3, 0.4) is 0 Å². The van der Waals surface area contributed by atoms with Crippen molar-refractivity contribution < 1.29 is 14.4 Å². The number of hydroxylamine groups is 1. The first-order valence-corrected chi connectivity index (χ1v) is 6.93. The summed E-state index contributed by atoms with van der Waals surface area (Å²) in [5, 5.41) is 1.80. The molecule has 0 bridgehead atoms. The molecule has 1 aliphatic heterocycles. The highest BCUT2D eigenvalue weighted by atomic mass is 16.7. The summed E-state index contributed by atoms with van der Waals surface area (Å²) in [5.74, 6) is -0.339. The van der Waals surface area contributed by atoms with Gasteiger partial charge in [-0.25, -0.2) is 9.86 Å². The zero-order chi connectivity index (χ0) is 14.7. The number of hydrogen-bond acceptors (Lipinski definition) is 4. The van der Waals surface area contributed by atoms with E-state index in [1.807, 2.05) is 60.7 Å². The lowest BCUT2D eigenvalue weighted by atomic mass is 10.0. The normalized spacial score (nSPS) is 21.3. The van der Waals surface area contributed by atoms with Gasteiger partial charge >= 0.3 is 5.97 Å². The van der Waals surface area contributed by atoms with Gasteiger partial charge in [-0.3, -0.25) is 4.84 Å². The van der Waals surface area contributed by atoms with E-state index in [4.69, 9.17) is 9.57 Å². The Hall–Kier alpha value is -2.33. The fourth-order valence-corrected chi connectivity index (χ4v) is 2.59. The Balaban J connectivity index is 1.93. The van der Waals surface area contributed by atoms with Crippen molar-refractivity contribution in [2.45, 2.75) is 18.6 Å². The Morgan fingerprint density at radius 1 is 1.10 bits per heavy atom. The van der Waals surface area contributed by atoms with Gasteiger partial charge in [-0.05, 0) is 17.7 Å². The van der Waals surface area contributed by atoms with Crippen LogP contribution >= 0.6 is 0 Å². The number of ether oxygens (including phenoxy) is 1. The summed E-state index contributed by atoms with van der Waals surface area (Å²) in [5.41, 5.74) is 2.05. The average molecular weight is 283 g/mol. The zero-order valence-corrected chi connectivity index (χ0v) is 11.8. The quantitative estimate of drug-likeness (QED) is 0.811. The number of carbonyl (C=O) groups excluding carboxylic acids is 1. The minimum atomic E-state index is -0.569. The summed E-state index contributed by atoms with van der Waals surface area (Å²) in [7, 11) is 1.38. The smallest absolute Gasteiger partial charge is 0.337 e. The van der Waals surface area contributed by atoms with E-state index in [1.165, 1.54) is 7.11 Å². The summed E-state index contributed by atoms with van der Waals surface area (Å²) in [6, 6.07) is 19.8. The second kappa shape index (κ2) is 5.97. The molecule has 4 nitrogen and oxygen atoms in total. The fourth-order valence-electron chi connectivity index (χ4n) is 2.59. The Morgan fingerprint density at radius 3 is 2.33 bits per heavy atom. The molecule has 2 aromatic rings. The molecule has 0 amide bonds. The van der Waals surface area contributed by atoms with Gasteiger partial charge in [0, 0.05) is 6.42 Å². The van der Waals surface area contributed by atoms with Crippen molar-refractivity contribution in [3.05, 3.63) is 66.2 Å². The molecule has 0 unspecified atom stereocenters. The molecule has 4 heteroatoms. The van der Waals surface area contributed by atoms with Crippen LogP contribution in [0.25, 0.3) is 0 Å². The lowest BCUT2D eigenvalue weighted by Crippen LogP contribution is -2.25. The Bertz CT molecular complexity index is 552. The van der Waals surface area contributed by atoms with Crippen LogP contribution in [0.5, 0.6) is 0 Å². The molecular formula is C17H17NO3. The Kier molecular flexibility index (Phi) is 3.88. The van der Waals surface area contributed by atoms with Crippen LogP contribution in [0.2, 0.25) is 0 Å². The van der Waals surface area contributed by atoms with Gasteiger partial charge in [0.2, 0.25) is 0 Å². The maximum Gasteiger partial charge on any atom is 0.337 e. The predicted octanol–water partition coefficient (Wildman–Crippen LogP) is 3.11. The van der Waals surface area contributed by atoms with E-state index in [9.17, 15) is 4.79 Å². The molecule has 0 aliphatic carbocycles. The molecular weight excluding hydrogens is 266 g/mol. The summed E-state index contributed by atoms with van der Waals surface area (Å²) in [4.78, 5) is 17.6. The molecule has 0 radical (unpaired) electrons. The second-order valence-corrected chi connectivity index (χ2v) is 4.94. The maximum atomic E-state index is 11.8. The molecule has 3 rings (SSSR count). The molecule has 2 atom stereocenters. The lowest BCUT2D eigenvalue weighted by Gasteiger charge is -2.24. The first kappa shape index (κ1) is 13.6. The largest absolute Gasteiger partial charge is 0.467 e. The first-order chi connectivity index (χ1) is 10.3. The number of hydrogen-bond donors (Lipinski definition) is 0. The van der Waals surface area contributed by atoms with E-state index in [0.29, 0.717) is 6.42 Å². The number of nitrogens with zero attached hydrogens (tertiary/aromatic N) is 1. The van der Waals surface area contributed by atoms with E-state index < -0.39 is 6.10 Å². The van der Waals surface area contributed by atoms with Crippen molar-refractivity contribution in [2.24, 2.45) is 0 Å². The minimum Gasteiger partial charge on any atom is -0.467 e. The highest BCUT2D eigenvalue weighted by Crippen LogP contribution is 2.38. The van der Waals surface area contributed by atoms with Gasteiger partial charge in [0.05, 0.1) is 18.8 Å². The second-order valence-electron chi connectivity index (χ2n) is 4.94. The third-order valence-corrected chi connectivity index (χ3v) is 3.62. The third kappa shape index (κ3) is 2.76. The van der Waals surface area contributed by atoms with Crippen LogP contribution in [0, 0.1) is 0 Å². The van der Waals surface area contributed by atoms with Crippen LogP contribution in [0.4, 0.5) is 5.69 Å². The van der Waals surface area contributed by atoms with Gasteiger partial charge in [-0.2, -0.15) is 0 Å². The van der Waals surface area contributed by atoms with Gasteiger partial charge < -0.3 is 4.74 Å². The van der Waals surface area contributed by atoms with Crippen molar-refractivity contribution in [3.63, 3.8) is 0 Å². The van der Waals surface area contributed by atoms with Crippen molar-refractivity contribution >= 4 is 11.7 Å². The topological polar surface area (TPSA) is 38.8 Å². The van der Waals surface area contributed by atoms with Crippen LogP contribution in [0.15, 0.2) is 60.7 Å². The van der Waals surface area contributed by atoms with Crippen LogP contribution in [-0.2, 0) is 14.4 Å². The monoisotopic (exact) mass is 283 g/mol. The number of rotatable bonds is 3. The third-order valence-electron chi connectivity index (χ3n) is 3.62. The van der Waals surface area contributed by atoms with Crippen molar-refractivity contribution in [2.75, 3.05) is 12.2 Å². The van der Waals surface area contributed by atoms with Crippen LogP contribution < -0.4 is 5.06 Å². The zero-order valence-electron chi connectivity index (χ0n) is 11.8. The van der Waals surface area contributed by atoms with Crippen LogP contribution in [-0.4, -0.2) is 19.2 Å². The summed E-state index contributed by atoms with van der Waals surface area (Å²) >= 11 is 0. The molecule has 0 spiro atoms. The number of methoxy groups -OCH3 is 1. The van der Waals surface area contributed by atoms with E-state index in [1.54, 1.807) is 5.06 Å². The van der Waals surface area contributed by atoms with Gasteiger partial charge in [-0.15, -0.1) is 0 Å². The first-order valence-electron chi connectivity index (χ1n) is 6.93. The highest BCUT2D eigenvalue weighted by molar-refractivity contribution is 5.75. The fraction of sp³-hybridized carbons (Fsp3) is 0.235. The van der Waals surface area contributed by atoms with Gasteiger partial charge in [0.1, 0.15) is 0 Å². The number of benzene rings is 2. The summed E-state index contributed by atoms with van der Waals surface area (Å²) in [6.07, 6.45) is 0.00592. The Morgan fingerprint density at radius 2 is 1.71 bits per heavy atom. The molecule has 0 N–H and O–H groups in total. The predicted molar refractivity (Wildman–Crippen MR) is 79.6 cm³/mol. The molecule has 2 aromatic carbocycles. The standard InChI is InChI=1S/C17H17NO3/c1-20-17(19)16-12-15(13-8-4-2-5-9-13)18(21-16)14-10-6-3-7-11-14/h2-11,15-16H,12H2,1H3/t15-,16-/m1/s1. The average Bonchev–Trinajstić information content (AvgIpc) is 3.01. The minimum absolute atomic E-state index is 0.00213. The van der Waals surface area contributed by atoms with Crippen molar-refractivity contribution in [1.82, 2.24) is 0 Å². The highest BCUT2D eigenvalue weighted by Gasteiger charge is 2.39. The number of carbonyl (C=O) groups is 1. The molecule has 0 saturated carbocycles. The van der Waals surface area contributed by atoms with E-state index in [-0.39, 0.29) is 12.0 Å². The lowest BCUT2D eigenvalue weighted by molar-refractivity contribution is -0.151. The van der Waals surface area contributed by atoms with E-state index in [2.05, 4.69) is 0 Å². The number of anilines is 1. The molecule has 1 heterocycles. The van der Waals surface area contributed by atoms with Gasteiger partial charge in [0.15, 0.2) is 6.10 Å². The van der Waals surface area contributed by atoms with Gasteiger partial charge in [0.25, 0.3) is 0 Å². The number of esters is 1. The maximum absolute atomic E-state index is 11.8. The van der Waals surface area contributed by atoms with Crippen LogP contribution in [0.1, 0.15) is 18.0 Å². The van der Waals surface area contributed by atoms with E-state index >= 15 is 0 Å². The molecule has 1 fully saturated rings. The summed E-state index contributed by atoms with van der Waals surface area (Å²) < 4.78 is 4.81. The summed E-state index contributed by atoms with van der Waals surface area (Å²) in [6.45, 7) is 0. The SMILES string of the molecule is COC(=O)[C@H]1C[C@H](c2ccccc2)N(c2ccccc2)O1. The molecule has 1 saturated heterocycles. The molecule has 21 heavy (non-hydrogen) atoms. The molecule has 1 aliphatic rings. The molecule has 0 aromatic heterocycles. The van der Waals surface area contributed by atoms with E-state index in [0.717, 1.165) is 11.3 Å². The molecule has 108 valence electrons. The Labute approximate surface area is 123 Å².